The van der Waals surface area contributed by atoms with Crippen LogP contribution in [0.3, 0.4) is 0 Å². The number of carbonyl (C=O) groups is 2. The van der Waals surface area contributed by atoms with Crippen LogP contribution in [0.4, 0.5) is 0 Å². The van der Waals surface area contributed by atoms with Gasteiger partial charge in [0.25, 0.3) is 0 Å². The molecule has 2 aliphatic heterocycles. The molecule has 25 heavy (non-hydrogen) atoms. The number of hydrogen-bond donors (Lipinski definition) is 0. The van der Waals surface area contributed by atoms with Crippen LogP contribution in [0.15, 0.2) is 28.7 Å². The van der Waals surface area contributed by atoms with Crippen LogP contribution >= 0.6 is 15.9 Å². The fraction of sp³-hybridized carbons (Fsp3) is 0.579. The highest BCUT2D eigenvalue weighted by Gasteiger charge is 2.31. The van der Waals surface area contributed by atoms with Crippen LogP contribution in [-0.4, -0.2) is 61.0 Å². The first-order valence-corrected chi connectivity index (χ1v) is 9.81. The van der Waals surface area contributed by atoms with Crippen molar-refractivity contribution in [3.8, 4) is 0 Å². The maximum absolute atomic E-state index is 12.7. The lowest BCUT2D eigenvalue weighted by Gasteiger charge is -2.36. The molecule has 0 saturated carbocycles. The number of halogens is 1. The second-order valence-corrected chi connectivity index (χ2v) is 7.66. The van der Waals surface area contributed by atoms with Gasteiger partial charge in [0.1, 0.15) is 0 Å². The highest BCUT2D eigenvalue weighted by atomic mass is 79.9. The quantitative estimate of drug-likeness (QED) is 0.768. The first-order chi connectivity index (χ1) is 12.1. The van der Waals surface area contributed by atoms with Gasteiger partial charge in [0, 0.05) is 37.1 Å². The molecular weight excluding hydrogens is 384 g/mol. The van der Waals surface area contributed by atoms with Gasteiger partial charge < -0.3 is 14.5 Å². The number of carbonyl (C=O) groups excluding carboxylic acids is 2. The minimum absolute atomic E-state index is 0.0540. The summed E-state index contributed by atoms with van der Waals surface area (Å²) in [5.41, 5.74) is 1.15. The monoisotopic (exact) mass is 408 g/mol. The molecule has 1 aromatic carbocycles. The Morgan fingerprint density at radius 3 is 2.72 bits per heavy atom. The molecular formula is C19H25BrN2O3. The Balaban J connectivity index is 1.51. The minimum Gasteiger partial charge on any atom is -0.378 e. The van der Waals surface area contributed by atoms with Crippen LogP contribution < -0.4 is 0 Å². The summed E-state index contributed by atoms with van der Waals surface area (Å²) in [6.07, 6.45) is 3.01. The maximum Gasteiger partial charge on any atom is 0.227 e. The normalized spacial score (nSPS) is 21.2. The van der Waals surface area contributed by atoms with E-state index in [0.717, 1.165) is 35.8 Å². The summed E-state index contributed by atoms with van der Waals surface area (Å²) in [4.78, 5) is 29.0. The van der Waals surface area contributed by atoms with Gasteiger partial charge in [-0.05, 0) is 37.0 Å². The number of rotatable bonds is 4. The highest BCUT2D eigenvalue weighted by molar-refractivity contribution is 9.10. The van der Waals surface area contributed by atoms with Crippen molar-refractivity contribution in [2.75, 3.05) is 39.4 Å². The third-order valence-electron chi connectivity index (χ3n) is 4.96. The van der Waals surface area contributed by atoms with Gasteiger partial charge in [0.15, 0.2) is 0 Å². The summed E-state index contributed by atoms with van der Waals surface area (Å²) in [7, 11) is 0. The number of nitrogens with zero attached hydrogens (tertiary/aromatic N) is 2. The number of piperidine rings is 1. The van der Waals surface area contributed by atoms with Crippen LogP contribution in [0, 0.1) is 5.92 Å². The van der Waals surface area contributed by atoms with Crippen molar-refractivity contribution < 1.29 is 14.3 Å². The van der Waals surface area contributed by atoms with E-state index >= 15 is 0 Å². The van der Waals surface area contributed by atoms with Gasteiger partial charge in [-0.25, -0.2) is 0 Å². The van der Waals surface area contributed by atoms with Crippen LogP contribution in [0.2, 0.25) is 0 Å². The Morgan fingerprint density at radius 1 is 1.16 bits per heavy atom. The maximum atomic E-state index is 12.7. The van der Waals surface area contributed by atoms with Crippen LogP contribution in [0.1, 0.15) is 24.8 Å². The first kappa shape index (κ1) is 18.4. The van der Waals surface area contributed by atoms with E-state index in [4.69, 9.17) is 4.74 Å². The minimum atomic E-state index is -0.0540. The van der Waals surface area contributed by atoms with Gasteiger partial charge in [0.2, 0.25) is 11.8 Å². The molecule has 1 unspecified atom stereocenters. The predicted octanol–water partition coefficient (Wildman–Crippen LogP) is 2.48. The van der Waals surface area contributed by atoms with Crippen molar-refractivity contribution in [3.05, 3.63) is 34.3 Å². The van der Waals surface area contributed by atoms with E-state index in [-0.39, 0.29) is 17.7 Å². The molecule has 0 radical (unpaired) electrons. The zero-order valence-electron chi connectivity index (χ0n) is 14.5. The summed E-state index contributed by atoms with van der Waals surface area (Å²) in [6.45, 7) is 3.91. The lowest BCUT2D eigenvalue weighted by molar-refractivity contribution is -0.144. The molecule has 0 aromatic heterocycles. The van der Waals surface area contributed by atoms with Crippen molar-refractivity contribution in [2.24, 2.45) is 5.92 Å². The molecule has 0 spiro atoms. The molecule has 0 aliphatic carbocycles. The van der Waals surface area contributed by atoms with E-state index in [0.29, 0.717) is 39.3 Å². The van der Waals surface area contributed by atoms with Crippen molar-refractivity contribution in [1.82, 2.24) is 9.80 Å². The number of morpholine rings is 1. The molecule has 6 heteroatoms. The highest BCUT2D eigenvalue weighted by Crippen LogP contribution is 2.21. The fourth-order valence-corrected chi connectivity index (χ4v) is 4.00. The van der Waals surface area contributed by atoms with Gasteiger partial charge in [-0.15, -0.1) is 0 Å². The van der Waals surface area contributed by atoms with E-state index in [1.807, 2.05) is 34.1 Å². The lowest BCUT2D eigenvalue weighted by Crippen LogP contribution is -2.49. The second-order valence-electron chi connectivity index (χ2n) is 6.75. The van der Waals surface area contributed by atoms with Gasteiger partial charge >= 0.3 is 0 Å². The largest absolute Gasteiger partial charge is 0.378 e. The number of ether oxygens (including phenoxy) is 1. The number of amides is 2. The lowest BCUT2D eigenvalue weighted by atomic mass is 9.95. The Bertz CT molecular complexity index is 616. The zero-order chi connectivity index (χ0) is 17.6. The smallest absolute Gasteiger partial charge is 0.227 e. The molecule has 0 N–H and O–H groups in total. The molecule has 2 saturated heterocycles. The van der Waals surface area contributed by atoms with E-state index in [9.17, 15) is 9.59 Å². The van der Waals surface area contributed by atoms with Crippen LogP contribution in [-0.2, 0) is 20.7 Å². The Hall–Kier alpha value is -1.40. The SMILES string of the molecule is O=C(CCc1cccc(Br)c1)N1CCCC(C(=O)N2CCOCC2)C1. The van der Waals surface area contributed by atoms with Gasteiger partial charge in [-0.1, -0.05) is 28.1 Å². The summed E-state index contributed by atoms with van der Waals surface area (Å²) in [5, 5.41) is 0. The molecule has 2 fully saturated rings. The predicted molar refractivity (Wildman–Crippen MR) is 99.2 cm³/mol. The third-order valence-corrected chi connectivity index (χ3v) is 5.46. The van der Waals surface area contributed by atoms with Gasteiger partial charge in [-0.3, -0.25) is 9.59 Å². The van der Waals surface area contributed by atoms with Gasteiger partial charge in [-0.2, -0.15) is 0 Å². The number of benzene rings is 1. The molecule has 5 nitrogen and oxygen atoms in total. The molecule has 2 amide bonds. The molecule has 2 heterocycles. The molecule has 136 valence electrons. The molecule has 0 bridgehead atoms. The number of aryl methyl sites for hydroxylation is 1. The van der Waals surface area contributed by atoms with Crippen molar-refractivity contribution in [2.45, 2.75) is 25.7 Å². The zero-order valence-corrected chi connectivity index (χ0v) is 16.0. The first-order valence-electron chi connectivity index (χ1n) is 9.02. The molecule has 1 aromatic rings. The van der Waals surface area contributed by atoms with E-state index in [1.165, 1.54) is 0 Å². The average Bonchev–Trinajstić information content (AvgIpc) is 2.66. The molecule has 1 atom stereocenters. The van der Waals surface area contributed by atoms with E-state index < -0.39 is 0 Å². The summed E-state index contributed by atoms with van der Waals surface area (Å²) < 4.78 is 6.35. The van der Waals surface area contributed by atoms with E-state index in [1.54, 1.807) is 0 Å². The topological polar surface area (TPSA) is 49.9 Å². The molecule has 2 aliphatic rings. The fourth-order valence-electron chi connectivity index (χ4n) is 3.55. The summed E-state index contributed by atoms with van der Waals surface area (Å²) >= 11 is 3.46. The van der Waals surface area contributed by atoms with Crippen LogP contribution in [0.25, 0.3) is 0 Å². The summed E-state index contributed by atoms with van der Waals surface area (Å²) in [5.74, 6) is 0.286. The van der Waals surface area contributed by atoms with E-state index in [2.05, 4.69) is 15.9 Å². The van der Waals surface area contributed by atoms with Crippen molar-refractivity contribution in [3.63, 3.8) is 0 Å². The Kier molecular flexibility index (Phi) is 6.48. The summed E-state index contributed by atoms with van der Waals surface area (Å²) in [6, 6.07) is 8.06. The number of hydrogen-bond acceptors (Lipinski definition) is 3. The Morgan fingerprint density at radius 2 is 1.96 bits per heavy atom. The molecule has 3 rings (SSSR count). The van der Waals surface area contributed by atoms with Crippen LogP contribution in [0.5, 0.6) is 0 Å². The Labute approximate surface area is 157 Å². The van der Waals surface area contributed by atoms with Gasteiger partial charge in [0.05, 0.1) is 19.1 Å². The van der Waals surface area contributed by atoms with Crippen molar-refractivity contribution >= 4 is 27.7 Å². The average molecular weight is 409 g/mol. The second kappa shape index (κ2) is 8.81. The standard InChI is InChI=1S/C19H25BrN2O3/c20-17-5-1-3-15(13-17)6-7-18(23)22-8-2-4-16(14-22)19(24)21-9-11-25-12-10-21/h1,3,5,13,16H,2,4,6-12,14H2. The number of likely N-dealkylation sites (tertiary alicyclic amines) is 1. The van der Waals surface area contributed by atoms with Crippen molar-refractivity contribution in [1.29, 1.82) is 0 Å². The third kappa shape index (κ3) is 5.05.